The Morgan fingerprint density at radius 1 is 1.15 bits per heavy atom. The van der Waals surface area contributed by atoms with E-state index in [1.807, 2.05) is 0 Å². The lowest BCUT2D eigenvalue weighted by molar-refractivity contribution is -0.141. The molecule has 1 aliphatic rings. The Hall–Kier alpha value is -2.61. The van der Waals surface area contributed by atoms with Gasteiger partial charge in [0, 0.05) is 6.54 Å². The minimum atomic E-state index is -4.64. The number of aromatic nitrogens is 3. The molecule has 1 saturated carbocycles. The third-order valence-electron chi connectivity index (χ3n) is 4.38. The molecule has 1 fully saturated rings. The summed E-state index contributed by atoms with van der Waals surface area (Å²) in [6, 6.07) is 8.53. The van der Waals surface area contributed by atoms with E-state index in [0.717, 1.165) is 23.5 Å². The predicted molar refractivity (Wildman–Crippen MR) is 96.4 cm³/mol. The molecule has 1 aromatic carbocycles. The summed E-state index contributed by atoms with van der Waals surface area (Å²) >= 11 is 6.16. The van der Waals surface area contributed by atoms with Crippen LogP contribution >= 0.6 is 11.6 Å². The first-order valence-electron chi connectivity index (χ1n) is 8.34. The molecular formula is C18H14ClF3N4O. The summed E-state index contributed by atoms with van der Waals surface area (Å²) < 4.78 is 40.6. The van der Waals surface area contributed by atoms with Crippen LogP contribution in [0.5, 0.6) is 0 Å². The van der Waals surface area contributed by atoms with Crippen LogP contribution in [-0.4, -0.2) is 21.1 Å². The lowest BCUT2D eigenvalue weighted by Gasteiger charge is -2.15. The monoisotopic (exact) mass is 394 g/mol. The number of alkyl halides is 3. The number of para-hydroxylation sites is 1. The van der Waals surface area contributed by atoms with Crippen molar-refractivity contribution in [3.63, 3.8) is 0 Å². The molecule has 0 amide bonds. The second-order valence-electron chi connectivity index (χ2n) is 6.42. The number of rotatable bonds is 4. The molecule has 0 atom stereocenters. The van der Waals surface area contributed by atoms with Crippen LogP contribution < -0.4 is 11.0 Å². The first-order chi connectivity index (χ1) is 12.8. The largest absolute Gasteiger partial charge is 0.433 e. The Morgan fingerprint density at radius 3 is 2.56 bits per heavy atom. The molecule has 0 saturated heterocycles. The molecule has 9 heteroatoms. The molecule has 5 nitrogen and oxygen atoms in total. The fraction of sp³-hybridized carbons (Fsp3) is 0.278. The van der Waals surface area contributed by atoms with Crippen LogP contribution in [0.15, 0.2) is 41.2 Å². The van der Waals surface area contributed by atoms with E-state index in [1.54, 1.807) is 18.2 Å². The second-order valence-corrected chi connectivity index (χ2v) is 6.83. The number of hydrogen-bond donors (Lipinski definition) is 1. The van der Waals surface area contributed by atoms with E-state index in [4.69, 9.17) is 11.6 Å². The molecule has 0 bridgehead atoms. The van der Waals surface area contributed by atoms with Gasteiger partial charge < -0.3 is 5.32 Å². The topological polar surface area (TPSA) is 59.8 Å². The third-order valence-corrected chi connectivity index (χ3v) is 4.70. The van der Waals surface area contributed by atoms with Gasteiger partial charge in [-0.05, 0) is 43.0 Å². The summed E-state index contributed by atoms with van der Waals surface area (Å²) in [6.45, 7) is 0.610. The zero-order valence-electron chi connectivity index (χ0n) is 13.9. The molecule has 27 heavy (non-hydrogen) atoms. The van der Waals surface area contributed by atoms with Crippen molar-refractivity contribution >= 4 is 28.5 Å². The molecule has 1 N–H and O–H groups in total. The van der Waals surface area contributed by atoms with Crippen molar-refractivity contribution in [3.05, 3.63) is 57.6 Å². The Morgan fingerprint density at radius 2 is 1.89 bits per heavy atom. The van der Waals surface area contributed by atoms with Crippen molar-refractivity contribution in [2.24, 2.45) is 5.92 Å². The Bertz CT molecular complexity index is 1080. The molecule has 140 valence electrons. The third kappa shape index (κ3) is 3.49. The molecule has 3 aromatic rings. The highest BCUT2D eigenvalue weighted by Gasteiger charge is 2.33. The van der Waals surface area contributed by atoms with Crippen LogP contribution in [0.1, 0.15) is 18.5 Å². The summed E-state index contributed by atoms with van der Waals surface area (Å²) in [7, 11) is 0. The number of anilines is 1. The van der Waals surface area contributed by atoms with Crippen molar-refractivity contribution < 1.29 is 13.2 Å². The van der Waals surface area contributed by atoms with Crippen LogP contribution in [-0.2, 0) is 6.18 Å². The zero-order chi connectivity index (χ0) is 19.2. The molecular weight excluding hydrogens is 381 g/mol. The smallest absolute Gasteiger partial charge is 0.369 e. The van der Waals surface area contributed by atoms with E-state index in [0.29, 0.717) is 17.8 Å². The standard InChI is InChI=1S/C18H14ClF3N4O/c19-12-3-1-2-4-13(12)26-16-11(7-8-14(24-16)18(20,21)22)15(25-17(26)27)23-9-10-5-6-10/h1-4,7-8,10H,5-6,9H2,(H,23,25,27). The van der Waals surface area contributed by atoms with Crippen LogP contribution in [0.4, 0.5) is 19.0 Å². The molecule has 4 rings (SSSR count). The van der Waals surface area contributed by atoms with Gasteiger partial charge in [-0.1, -0.05) is 23.7 Å². The number of halogens is 4. The van der Waals surface area contributed by atoms with Crippen molar-refractivity contribution in [3.8, 4) is 5.69 Å². The number of nitrogens with zero attached hydrogens (tertiary/aromatic N) is 3. The van der Waals surface area contributed by atoms with E-state index < -0.39 is 17.6 Å². The van der Waals surface area contributed by atoms with Gasteiger partial charge in [0.15, 0.2) is 5.65 Å². The fourth-order valence-electron chi connectivity index (χ4n) is 2.81. The fourth-order valence-corrected chi connectivity index (χ4v) is 3.03. The minimum Gasteiger partial charge on any atom is -0.369 e. The average molecular weight is 395 g/mol. The SMILES string of the molecule is O=c1nc(NCC2CC2)c2ccc(C(F)(F)F)nc2n1-c1ccccc1Cl. The second kappa shape index (κ2) is 6.53. The van der Waals surface area contributed by atoms with Crippen LogP contribution in [0, 0.1) is 5.92 Å². The van der Waals surface area contributed by atoms with Gasteiger partial charge in [-0.25, -0.2) is 14.3 Å². The minimum absolute atomic E-state index is 0.142. The van der Waals surface area contributed by atoms with Crippen LogP contribution in [0.3, 0.4) is 0 Å². The molecule has 0 unspecified atom stereocenters. The van der Waals surface area contributed by atoms with Gasteiger partial charge in [-0.2, -0.15) is 18.2 Å². The number of benzene rings is 1. The maximum Gasteiger partial charge on any atom is 0.433 e. The van der Waals surface area contributed by atoms with Gasteiger partial charge in [-0.15, -0.1) is 0 Å². The molecule has 2 aromatic heterocycles. The molecule has 2 heterocycles. The van der Waals surface area contributed by atoms with Crippen LogP contribution in [0.2, 0.25) is 5.02 Å². The summed E-state index contributed by atoms with van der Waals surface area (Å²) in [5, 5.41) is 3.59. The van der Waals surface area contributed by atoms with Crippen molar-refractivity contribution in [1.29, 1.82) is 0 Å². The quantitative estimate of drug-likeness (QED) is 0.717. The van der Waals surface area contributed by atoms with Gasteiger partial charge in [0.1, 0.15) is 11.5 Å². The zero-order valence-corrected chi connectivity index (χ0v) is 14.7. The van der Waals surface area contributed by atoms with E-state index in [-0.39, 0.29) is 22.2 Å². The summed E-state index contributed by atoms with van der Waals surface area (Å²) in [5.74, 6) is 0.724. The van der Waals surface area contributed by atoms with Crippen LogP contribution in [0.25, 0.3) is 16.7 Å². The molecule has 0 radical (unpaired) electrons. The predicted octanol–water partition coefficient (Wildman–Crippen LogP) is 4.27. The highest BCUT2D eigenvalue weighted by atomic mass is 35.5. The lowest BCUT2D eigenvalue weighted by Crippen LogP contribution is -2.25. The van der Waals surface area contributed by atoms with Crippen molar-refractivity contribution in [1.82, 2.24) is 14.5 Å². The van der Waals surface area contributed by atoms with E-state index in [1.165, 1.54) is 12.1 Å². The highest BCUT2D eigenvalue weighted by molar-refractivity contribution is 6.32. The van der Waals surface area contributed by atoms with Gasteiger partial charge >= 0.3 is 11.9 Å². The van der Waals surface area contributed by atoms with Gasteiger partial charge in [0.2, 0.25) is 0 Å². The maximum absolute atomic E-state index is 13.2. The van der Waals surface area contributed by atoms with Crippen molar-refractivity contribution in [2.75, 3.05) is 11.9 Å². The van der Waals surface area contributed by atoms with Crippen molar-refractivity contribution in [2.45, 2.75) is 19.0 Å². The Kier molecular flexibility index (Phi) is 4.30. The Labute approximate surface area is 156 Å². The van der Waals surface area contributed by atoms with E-state index in [9.17, 15) is 18.0 Å². The van der Waals surface area contributed by atoms with Gasteiger partial charge in [0.25, 0.3) is 0 Å². The highest BCUT2D eigenvalue weighted by Crippen LogP contribution is 2.32. The van der Waals surface area contributed by atoms with Gasteiger partial charge in [0.05, 0.1) is 16.1 Å². The van der Waals surface area contributed by atoms with Gasteiger partial charge in [-0.3, -0.25) is 0 Å². The first kappa shape index (κ1) is 17.8. The number of nitrogens with one attached hydrogen (secondary N) is 1. The molecule has 1 aliphatic carbocycles. The molecule has 0 aliphatic heterocycles. The average Bonchev–Trinajstić information content (AvgIpc) is 3.44. The summed E-state index contributed by atoms with van der Waals surface area (Å²) in [5.41, 5.74) is -1.76. The normalized spacial score (nSPS) is 14.5. The summed E-state index contributed by atoms with van der Waals surface area (Å²) in [6.07, 6.45) is -2.48. The maximum atomic E-state index is 13.2. The number of hydrogen-bond acceptors (Lipinski definition) is 4. The number of fused-ring (bicyclic) bond motifs is 1. The number of pyridine rings is 1. The lowest BCUT2D eigenvalue weighted by atomic mass is 10.2. The van der Waals surface area contributed by atoms with E-state index >= 15 is 0 Å². The van der Waals surface area contributed by atoms with E-state index in [2.05, 4.69) is 15.3 Å². The first-order valence-corrected chi connectivity index (χ1v) is 8.72. The molecule has 0 spiro atoms. The Balaban J connectivity index is 1.98. The summed E-state index contributed by atoms with van der Waals surface area (Å²) in [4.78, 5) is 20.4.